The number of aryl methyl sites for hydroxylation is 2. The minimum Gasteiger partial charge on any atom is -0.375 e. The number of nitriles is 1. The van der Waals surface area contributed by atoms with E-state index in [4.69, 9.17) is 4.74 Å². The third-order valence-electron chi connectivity index (χ3n) is 4.46. The zero-order valence-electron chi connectivity index (χ0n) is 14.1. The smallest absolute Gasteiger partial charge is 0.103 e. The highest BCUT2D eigenvalue weighted by atomic mass is 16.5. The molecule has 0 radical (unpaired) electrons. The Kier molecular flexibility index (Phi) is 4.49. The van der Waals surface area contributed by atoms with Crippen LogP contribution in [0.4, 0.5) is 5.69 Å². The minimum absolute atomic E-state index is 0.245. The fourth-order valence-electron chi connectivity index (χ4n) is 3.49. The van der Waals surface area contributed by atoms with Crippen LogP contribution in [-0.2, 0) is 4.74 Å². The minimum atomic E-state index is 0.245. The van der Waals surface area contributed by atoms with E-state index in [-0.39, 0.29) is 6.10 Å². The molecule has 2 heterocycles. The van der Waals surface area contributed by atoms with Crippen LogP contribution in [0.3, 0.4) is 0 Å². The number of anilines is 1. The molecule has 4 nitrogen and oxygen atoms in total. The highest BCUT2D eigenvalue weighted by Crippen LogP contribution is 2.33. The van der Waals surface area contributed by atoms with E-state index in [0.717, 1.165) is 48.1 Å². The number of aromatic nitrogens is 1. The van der Waals surface area contributed by atoms with Crippen molar-refractivity contribution in [3.63, 3.8) is 0 Å². The van der Waals surface area contributed by atoms with Gasteiger partial charge in [0.2, 0.25) is 0 Å². The molecule has 4 heteroatoms. The number of ether oxygens (including phenoxy) is 1. The summed E-state index contributed by atoms with van der Waals surface area (Å²) in [5.41, 5.74) is 5.02. The van der Waals surface area contributed by atoms with E-state index in [1.807, 2.05) is 0 Å². The summed E-state index contributed by atoms with van der Waals surface area (Å²) in [6, 6.07) is 6.62. The molecule has 1 aliphatic rings. The van der Waals surface area contributed by atoms with E-state index in [1.165, 1.54) is 5.56 Å². The van der Waals surface area contributed by atoms with Gasteiger partial charge in [-0.2, -0.15) is 5.26 Å². The molecule has 1 aromatic carbocycles. The van der Waals surface area contributed by atoms with E-state index in [1.54, 1.807) is 6.20 Å². The number of hydrogen-bond acceptors (Lipinski definition) is 4. The lowest BCUT2D eigenvalue weighted by atomic mass is 10.0. The summed E-state index contributed by atoms with van der Waals surface area (Å²) in [6.45, 7) is 8.73. The normalized spacial score (nSPS) is 18.2. The van der Waals surface area contributed by atoms with Crippen LogP contribution in [0, 0.1) is 25.2 Å². The van der Waals surface area contributed by atoms with Crippen molar-refractivity contribution >= 4 is 16.6 Å². The highest BCUT2D eigenvalue weighted by molar-refractivity contribution is 5.96. The van der Waals surface area contributed by atoms with Gasteiger partial charge in [0.15, 0.2) is 0 Å². The second-order valence-electron chi connectivity index (χ2n) is 6.34. The molecular formula is C19H23N3O. The van der Waals surface area contributed by atoms with Crippen LogP contribution in [0.25, 0.3) is 10.9 Å². The van der Waals surface area contributed by atoms with Gasteiger partial charge >= 0.3 is 0 Å². The molecule has 0 bridgehead atoms. The Morgan fingerprint density at radius 2 is 2.22 bits per heavy atom. The number of hydrogen-bond donors (Lipinski definition) is 0. The largest absolute Gasteiger partial charge is 0.375 e. The monoisotopic (exact) mass is 309 g/mol. The predicted octanol–water partition coefficient (Wildman–Crippen LogP) is 3.73. The predicted molar refractivity (Wildman–Crippen MR) is 92.8 cm³/mol. The van der Waals surface area contributed by atoms with Crippen LogP contribution in [0.15, 0.2) is 18.3 Å². The summed E-state index contributed by atoms with van der Waals surface area (Å²) in [5.74, 6) is 0. The molecule has 1 fully saturated rings. The number of nitrogens with zero attached hydrogens (tertiary/aromatic N) is 3. The first-order valence-corrected chi connectivity index (χ1v) is 8.30. The van der Waals surface area contributed by atoms with Crippen molar-refractivity contribution in [2.45, 2.75) is 39.7 Å². The van der Waals surface area contributed by atoms with E-state index >= 15 is 0 Å². The average Bonchev–Trinajstić information content (AvgIpc) is 2.54. The van der Waals surface area contributed by atoms with Crippen molar-refractivity contribution in [2.24, 2.45) is 0 Å². The molecule has 0 aliphatic carbocycles. The Morgan fingerprint density at radius 1 is 1.39 bits per heavy atom. The van der Waals surface area contributed by atoms with Gasteiger partial charge in [-0.1, -0.05) is 25.0 Å². The lowest BCUT2D eigenvalue weighted by Gasteiger charge is -2.35. The lowest BCUT2D eigenvalue weighted by Crippen LogP contribution is -2.42. The van der Waals surface area contributed by atoms with Crippen molar-refractivity contribution in [1.82, 2.24) is 4.98 Å². The topological polar surface area (TPSA) is 49.2 Å². The Hall–Kier alpha value is -2.12. The molecule has 23 heavy (non-hydrogen) atoms. The first kappa shape index (κ1) is 15.8. The third-order valence-corrected chi connectivity index (χ3v) is 4.46. The van der Waals surface area contributed by atoms with Crippen LogP contribution in [-0.4, -0.2) is 30.8 Å². The average molecular weight is 309 g/mol. The SMILES string of the molecule is CCCC1CN(c2c(C#N)cnc3c(C)cc(C)cc23)CCO1. The molecular weight excluding hydrogens is 286 g/mol. The third kappa shape index (κ3) is 3.02. The van der Waals surface area contributed by atoms with Gasteiger partial charge in [0.05, 0.1) is 29.5 Å². The van der Waals surface area contributed by atoms with Crippen LogP contribution >= 0.6 is 0 Å². The van der Waals surface area contributed by atoms with Crippen LogP contribution in [0.1, 0.15) is 36.5 Å². The summed E-state index contributed by atoms with van der Waals surface area (Å²) >= 11 is 0. The van der Waals surface area contributed by atoms with Crippen molar-refractivity contribution in [2.75, 3.05) is 24.6 Å². The first-order valence-electron chi connectivity index (χ1n) is 8.30. The summed E-state index contributed by atoms with van der Waals surface area (Å²) in [6.07, 6.45) is 4.12. The molecule has 0 spiro atoms. The molecule has 120 valence electrons. The molecule has 0 saturated carbocycles. The molecule has 3 rings (SSSR count). The van der Waals surface area contributed by atoms with E-state index in [2.05, 4.69) is 48.9 Å². The fourth-order valence-corrected chi connectivity index (χ4v) is 3.49. The van der Waals surface area contributed by atoms with Crippen molar-refractivity contribution < 1.29 is 4.74 Å². The van der Waals surface area contributed by atoms with Gasteiger partial charge < -0.3 is 9.64 Å². The Balaban J connectivity index is 2.13. The fraction of sp³-hybridized carbons (Fsp3) is 0.474. The second kappa shape index (κ2) is 6.55. The maximum absolute atomic E-state index is 9.57. The van der Waals surface area contributed by atoms with Gasteiger partial charge in [-0.15, -0.1) is 0 Å². The Morgan fingerprint density at radius 3 is 2.96 bits per heavy atom. The van der Waals surface area contributed by atoms with Gasteiger partial charge in [-0.3, -0.25) is 4.98 Å². The maximum Gasteiger partial charge on any atom is 0.103 e. The van der Waals surface area contributed by atoms with E-state index in [0.29, 0.717) is 12.2 Å². The number of benzene rings is 1. The Labute approximate surface area is 137 Å². The summed E-state index contributed by atoms with van der Waals surface area (Å²) in [5, 5.41) is 10.7. The zero-order valence-corrected chi connectivity index (χ0v) is 14.1. The van der Waals surface area contributed by atoms with Crippen LogP contribution < -0.4 is 4.90 Å². The van der Waals surface area contributed by atoms with Gasteiger partial charge in [-0.25, -0.2) is 0 Å². The summed E-state index contributed by atoms with van der Waals surface area (Å²) < 4.78 is 5.86. The van der Waals surface area contributed by atoms with Gasteiger partial charge in [-0.05, 0) is 31.9 Å². The molecule has 1 atom stereocenters. The molecule has 1 saturated heterocycles. The summed E-state index contributed by atoms with van der Waals surface area (Å²) in [7, 11) is 0. The van der Waals surface area contributed by atoms with E-state index < -0.39 is 0 Å². The molecule has 1 aliphatic heterocycles. The lowest BCUT2D eigenvalue weighted by molar-refractivity contribution is 0.0349. The van der Waals surface area contributed by atoms with Gasteiger partial charge in [0.25, 0.3) is 0 Å². The summed E-state index contributed by atoms with van der Waals surface area (Å²) in [4.78, 5) is 6.83. The number of rotatable bonds is 3. The van der Waals surface area contributed by atoms with Crippen molar-refractivity contribution in [1.29, 1.82) is 5.26 Å². The Bertz CT molecular complexity index is 761. The number of fused-ring (bicyclic) bond motifs is 1. The maximum atomic E-state index is 9.57. The number of morpholine rings is 1. The molecule has 1 aromatic heterocycles. The molecule has 2 aromatic rings. The van der Waals surface area contributed by atoms with E-state index in [9.17, 15) is 5.26 Å². The standard InChI is InChI=1S/C19H23N3O/c1-4-5-16-12-22(6-7-23-16)19-15(10-20)11-21-18-14(3)8-13(2)9-17(18)19/h8-9,11,16H,4-7,12H2,1-3H3. The zero-order chi connectivity index (χ0) is 16.4. The quantitative estimate of drug-likeness (QED) is 0.867. The van der Waals surface area contributed by atoms with Crippen LogP contribution in [0.5, 0.6) is 0 Å². The van der Waals surface area contributed by atoms with Crippen molar-refractivity contribution in [3.05, 3.63) is 35.0 Å². The highest BCUT2D eigenvalue weighted by Gasteiger charge is 2.24. The molecule has 0 N–H and O–H groups in total. The number of pyridine rings is 1. The van der Waals surface area contributed by atoms with Gasteiger partial charge in [0.1, 0.15) is 6.07 Å². The second-order valence-corrected chi connectivity index (χ2v) is 6.34. The molecule has 1 unspecified atom stereocenters. The molecule has 0 amide bonds. The van der Waals surface area contributed by atoms with Gasteiger partial charge in [0, 0.05) is 24.7 Å². The van der Waals surface area contributed by atoms with Crippen molar-refractivity contribution in [3.8, 4) is 6.07 Å². The van der Waals surface area contributed by atoms with Crippen LogP contribution in [0.2, 0.25) is 0 Å². The first-order chi connectivity index (χ1) is 11.1.